The van der Waals surface area contributed by atoms with Crippen LogP contribution in [0.15, 0.2) is 18.2 Å². The van der Waals surface area contributed by atoms with Crippen molar-refractivity contribution < 1.29 is 19.1 Å². The molecular weight excluding hydrogens is 248 g/mol. The van der Waals surface area contributed by atoms with E-state index in [2.05, 4.69) is 5.48 Å². The van der Waals surface area contributed by atoms with E-state index in [-0.39, 0.29) is 12.6 Å². The minimum absolute atomic E-state index is 0.0825. The fraction of sp³-hybridized carbons (Fsp3) is 0.462. The van der Waals surface area contributed by atoms with Crippen molar-refractivity contribution in [3.8, 4) is 5.75 Å². The monoisotopic (exact) mass is 268 g/mol. The minimum atomic E-state index is -0.519. The molecule has 0 aliphatic carbocycles. The molecule has 0 saturated carbocycles. The molecule has 106 valence electrons. The van der Waals surface area contributed by atoms with Crippen LogP contribution in [0.5, 0.6) is 5.75 Å². The van der Waals surface area contributed by atoms with Gasteiger partial charge in [-0.1, -0.05) is 6.07 Å². The van der Waals surface area contributed by atoms with Crippen molar-refractivity contribution in [2.24, 2.45) is 5.73 Å². The van der Waals surface area contributed by atoms with Crippen LogP contribution in [-0.2, 0) is 21.0 Å². The maximum Gasteiger partial charge on any atom is 0.245 e. The van der Waals surface area contributed by atoms with Crippen molar-refractivity contribution in [3.05, 3.63) is 29.3 Å². The number of primary amides is 1. The van der Waals surface area contributed by atoms with E-state index in [1.807, 2.05) is 25.1 Å². The van der Waals surface area contributed by atoms with Crippen LogP contribution in [0.25, 0.3) is 0 Å². The van der Waals surface area contributed by atoms with Gasteiger partial charge in [0.25, 0.3) is 0 Å². The van der Waals surface area contributed by atoms with Crippen molar-refractivity contribution in [1.29, 1.82) is 0 Å². The van der Waals surface area contributed by atoms with E-state index in [4.69, 9.17) is 20.0 Å². The van der Waals surface area contributed by atoms with Gasteiger partial charge in [0.1, 0.15) is 12.4 Å². The highest BCUT2D eigenvalue weighted by Gasteiger charge is 2.10. The Hall–Kier alpha value is -1.63. The van der Waals surface area contributed by atoms with Crippen LogP contribution in [0.4, 0.5) is 0 Å². The minimum Gasteiger partial charge on any atom is -0.496 e. The number of ether oxygens (including phenoxy) is 2. The number of amides is 1. The van der Waals surface area contributed by atoms with Crippen molar-refractivity contribution in [1.82, 2.24) is 5.48 Å². The Bertz CT molecular complexity index is 423. The Kier molecular flexibility index (Phi) is 6.27. The molecule has 1 aromatic rings. The smallest absolute Gasteiger partial charge is 0.245 e. The van der Waals surface area contributed by atoms with E-state index < -0.39 is 5.91 Å². The van der Waals surface area contributed by atoms with Crippen molar-refractivity contribution in [2.45, 2.75) is 19.6 Å². The molecule has 6 nitrogen and oxygen atoms in total. The summed E-state index contributed by atoms with van der Waals surface area (Å²) in [6.07, 6.45) is 0. The molecule has 0 spiro atoms. The topological polar surface area (TPSA) is 82.8 Å². The Morgan fingerprint density at radius 3 is 2.74 bits per heavy atom. The summed E-state index contributed by atoms with van der Waals surface area (Å²) < 4.78 is 10.4. The van der Waals surface area contributed by atoms with E-state index in [9.17, 15) is 4.79 Å². The van der Waals surface area contributed by atoms with Crippen molar-refractivity contribution in [3.63, 3.8) is 0 Å². The molecular formula is C13H20N2O4. The quantitative estimate of drug-likeness (QED) is 0.685. The zero-order valence-electron chi connectivity index (χ0n) is 11.4. The maximum absolute atomic E-state index is 10.6. The molecule has 0 fully saturated rings. The Morgan fingerprint density at radius 2 is 2.16 bits per heavy atom. The normalized spacial score (nSPS) is 12.2. The predicted octanol–water partition coefficient (Wildman–Crippen LogP) is 0.909. The molecule has 3 N–H and O–H groups in total. The number of hydrogen-bond acceptors (Lipinski definition) is 5. The molecule has 1 rings (SSSR count). The van der Waals surface area contributed by atoms with Crippen LogP contribution in [0.2, 0.25) is 0 Å². The number of hydroxylamine groups is 1. The number of nitrogens with one attached hydrogen (secondary N) is 1. The summed E-state index contributed by atoms with van der Waals surface area (Å²) in [6, 6.07) is 5.67. The molecule has 0 aliphatic heterocycles. The second-order valence-corrected chi connectivity index (χ2v) is 4.10. The van der Waals surface area contributed by atoms with Gasteiger partial charge in [-0.05, 0) is 24.6 Å². The fourth-order valence-electron chi connectivity index (χ4n) is 1.64. The third kappa shape index (κ3) is 4.86. The van der Waals surface area contributed by atoms with Crippen LogP contribution in [0.3, 0.4) is 0 Å². The number of rotatable bonds is 8. The van der Waals surface area contributed by atoms with E-state index in [0.717, 1.165) is 16.9 Å². The van der Waals surface area contributed by atoms with E-state index >= 15 is 0 Å². The lowest BCUT2D eigenvalue weighted by Gasteiger charge is -2.16. The number of hydrogen-bond donors (Lipinski definition) is 2. The molecule has 1 atom stereocenters. The van der Waals surface area contributed by atoms with Crippen LogP contribution in [-0.4, -0.2) is 26.7 Å². The number of benzene rings is 1. The van der Waals surface area contributed by atoms with Crippen LogP contribution < -0.4 is 16.0 Å². The van der Waals surface area contributed by atoms with Gasteiger partial charge in [0, 0.05) is 12.7 Å². The summed E-state index contributed by atoms with van der Waals surface area (Å²) in [5.74, 6) is 0.255. The Balaban J connectivity index is 2.71. The van der Waals surface area contributed by atoms with Crippen molar-refractivity contribution >= 4 is 5.91 Å². The highest BCUT2D eigenvalue weighted by molar-refractivity contribution is 5.74. The molecule has 0 aromatic heterocycles. The molecule has 0 saturated heterocycles. The summed E-state index contributed by atoms with van der Waals surface area (Å²) in [7, 11) is 3.25. The summed E-state index contributed by atoms with van der Waals surface area (Å²) in [5, 5.41) is 0. The Morgan fingerprint density at radius 1 is 1.42 bits per heavy atom. The first-order valence-corrected chi connectivity index (χ1v) is 5.89. The zero-order chi connectivity index (χ0) is 14.3. The first kappa shape index (κ1) is 15.4. The number of nitrogens with two attached hydrogens (primary N) is 1. The highest BCUT2D eigenvalue weighted by Crippen LogP contribution is 2.23. The second kappa shape index (κ2) is 7.73. The van der Waals surface area contributed by atoms with Crippen LogP contribution >= 0.6 is 0 Å². The largest absolute Gasteiger partial charge is 0.496 e. The van der Waals surface area contributed by atoms with E-state index in [1.165, 1.54) is 0 Å². The molecule has 6 heteroatoms. The third-order valence-corrected chi connectivity index (χ3v) is 2.58. The van der Waals surface area contributed by atoms with Gasteiger partial charge in [-0.15, -0.1) is 0 Å². The number of carbonyl (C=O) groups excluding carboxylic acids is 1. The summed E-state index contributed by atoms with van der Waals surface area (Å²) in [4.78, 5) is 15.5. The number of methoxy groups -OCH3 is 2. The summed E-state index contributed by atoms with van der Waals surface area (Å²) >= 11 is 0. The molecule has 1 amide bonds. The number of carbonyl (C=O) groups is 1. The molecule has 0 bridgehead atoms. The zero-order valence-corrected chi connectivity index (χ0v) is 11.4. The van der Waals surface area contributed by atoms with Gasteiger partial charge in [-0.3, -0.25) is 9.63 Å². The summed E-state index contributed by atoms with van der Waals surface area (Å²) in [6.45, 7) is 2.22. The molecule has 0 heterocycles. The van der Waals surface area contributed by atoms with Gasteiger partial charge in [0.05, 0.1) is 19.8 Å². The maximum atomic E-state index is 10.6. The molecule has 1 aromatic carbocycles. The van der Waals surface area contributed by atoms with Crippen LogP contribution in [0.1, 0.15) is 24.1 Å². The average Bonchev–Trinajstić information content (AvgIpc) is 2.38. The molecule has 0 aliphatic rings. The van der Waals surface area contributed by atoms with Gasteiger partial charge in [-0.2, -0.15) is 5.48 Å². The van der Waals surface area contributed by atoms with E-state index in [0.29, 0.717) is 6.61 Å². The van der Waals surface area contributed by atoms with Gasteiger partial charge in [-0.25, -0.2) is 0 Å². The highest BCUT2D eigenvalue weighted by atomic mass is 16.6. The van der Waals surface area contributed by atoms with Crippen molar-refractivity contribution in [2.75, 3.05) is 20.8 Å². The van der Waals surface area contributed by atoms with Gasteiger partial charge < -0.3 is 15.2 Å². The summed E-state index contributed by atoms with van der Waals surface area (Å²) in [5.41, 5.74) is 9.68. The molecule has 19 heavy (non-hydrogen) atoms. The lowest BCUT2D eigenvalue weighted by molar-refractivity contribution is -0.126. The van der Waals surface area contributed by atoms with Crippen LogP contribution in [0, 0.1) is 0 Å². The first-order chi connectivity index (χ1) is 9.08. The SMILES string of the molecule is COCc1cc(C(C)NOCC(N)=O)ccc1OC. The fourth-order valence-corrected chi connectivity index (χ4v) is 1.64. The molecule has 1 unspecified atom stereocenters. The lowest BCUT2D eigenvalue weighted by atomic mass is 10.1. The third-order valence-electron chi connectivity index (χ3n) is 2.58. The Labute approximate surface area is 112 Å². The average molecular weight is 268 g/mol. The second-order valence-electron chi connectivity index (χ2n) is 4.10. The van der Waals surface area contributed by atoms with E-state index in [1.54, 1.807) is 14.2 Å². The molecule has 0 radical (unpaired) electrons. The predicted molar refractivity (Wildman–Crippen MR) is 70.4 cm³/mol. The van der Waals surface area contributed by atoms with Gasteiger partial charge in [0.2, 0.25) is 5.91 Å². The van der Waals surface area contributed by atoms with Gasteiger partial charge in [0.15, 0.2) is 0 Å². The first-order valence-electron chi connectivity index (χ1n) is 5.89. The lowest BCUT2D eigenvalue weighted by Crippen LogP contribution is -2.26. The standard InChI is InChI=1S/C13H20N2O4/c1-9(15-19-8-13(14)16)10-4-5-12(18-3)11(6-10)7-17-2/h4-6,9,15H,7-8H2,1-3H3,(H2,14,16). The van der Waals surface area contributed by atoms with Gasteiger partial charge >= 0.3 is 0 Å².